The Bertz CT molecular complexity index is 1060. The topological polar surface area (TPSA) is 104 Å². The van der Waals surface area contributed by atoms with Crippen molar-refractivity contribution >= 4 is 29.3 Å². The fourth-order valence-corrected chi connectivity index (χ4v) is 3.46. The molecule has 2 heterocycles. The molecule has 3 rings (SSSR count). The number of amides is 3. The fraction of sp³-hybridized carbons (Fsp3) is 0.440. The van der Waals surface area contributed by atoms with Gasteiger partial charge in [0, 0.05) is 44.0 Å². The first-order valence-corrected chi connectivity index (χ1v) is 11.5. The number of esters is 1. The van der Waals surface area contributed by atoms with Crippen LogP contribution in [0.1, 0.15) is 32.0 Å². The lowest BCUT2D eigenvalue weighted by molar-refractivity contribution is -0.159. The molecule has 1 aliphatic rings. The molecule has 2 aromatic rings. The molecule has 10 heteroatoms. The third-order valence-electron chi connectivity index (χ3n) is 5.55. The van der Waals surface area contributed by atoms with Crippen molar-refractivity contribution in [3.8, 4) is 0 Å². The number of aromatic nitrogens is 1. The first kappa shape index (κ1) is 26.1. The van der Waals surface area contributed by atoms with Crippen LogP contribution in [0.3, 0.4) is 0 Å². The van der Waals surface area contributed by atoms with E-state index in [0.29, 0.717) is 44.0 Å². The average Bonchev–Trinajstić information content (AvgIpc) is 2.81. The van der Waals surface area contributed by atoms with Gasteiger partial charge in [-0.15, -0.1) is 0 Å². The second-order valence-electron chi connectivity index (χ2n) is 9.53. The number of urea groups is 1. The molecular formula is C25H32FN5O4. The predicted octanol–water partition coefficient (Wildman–Crippen LogP) is 3.41. The molecule has 0 unspecified atom stereocenters. The van der Waals surface area contributed by atoms with Crippen LogP contribution in [0.4, 0.5) is 20.6 Å². The summed E-state index contributed by atoms with van der Waals surface area (Å²) in [5.74, 6) is -1.16. The molecule has 1 fully saturated rings. The number of carbonyl (C=O) groups excluding carboxylic acids is 3. The van der Waals surface area contributed by atoms with E-state index < -0.39 is 23.2 Å². The van der Waals surface area contributed by atoms with Crippen molar-refractivity contribution in [1.82, 2.24) is 14.8 Å². The molecule has 0 aliphatic carbocycles. The van der Waals surface area contributed by atoms with E-state index in [4.69, 9.17) is 4.74 Å². The number of pyridine rings is 1. The number of benzene rings is 1. The molecule has 3 amide bonds. The summed E-state index contributed by atoms with van der Waals surface area (Å²) in [6.07, 6.45) is 1.53. The second kappa shape index (κ2) is 11.3. The summed E-state index contributed by atoms with van der Waals surface area (Å²) >= 11 is 0. The highest BCUT2D eigenvalue weighted by atomic mass is 19.1. The minimum Gasteiger partial charge on any atom is -0.455 e. The van der Waals surface area contributed by atoms with Crippen molar-refractivity contribution in [3.63, 3.8) is 0 Å². The summed E-state index contributed by atoms with van der Waals surface area (Å²) in [6, 6.07) is 7.78. The van der Waals surface area contributed by atoms with Gasteiger partial charge in [-0.25, -0.2) is 9.18 Å². The van der Waals surface area contributed by atoms with Crippen LogP contribution in [0.2, 0.25) is 0 Å². The van der Waals surface area contributed by atoms with E-state index in [1.165, 1.54) is 12.3 Å². The summed E-state index contributed by atoms with van der Waals surface area (Å²) in [7, 11) is 0. The number of nitrogens with zero attached hydrogens (tertiary/aromatic N) is 3. The van der Waals surface area contributed by atoms with Gasteiger partial charge < -0.3 is 20.3 Å². The van der Waals surface area contributed by atoms with Crippen molar-refractivity contribution in [3.05, 3.63) is 53.6 Å². The van der Waals surface area contributed by atoms with E-state index in [1.807, 2.05) is 11.8 Å². The highest BCUT2D eigenvalue weighted by Gasteiger charge is 2.26. The summed E-state index contributed by atoms with van der Waals surface area (Å²) in [6.45, 7) is 9.12. The van der Waals surface area contributed by atoms with Crippen LogP contribution in [0, 0.1) is 18.2 Å². The number of piperazine rings is 1. The molecule has 1 aromatic carbocycles. The van der Waals surface area contributed by atoms with Gasteiger partial charge in [-0.05, 0) is 45.9 Å². The van der Waals surface area contributed by atoms with Crippen molar-refractivity contribution in [2.75, 3.05) is 43.4 Å². The smallest absolute Gasteiger partial charge is 0.323 e. The lowest BCUT2D eigenvalue weighted by Crippen LogP contribution is -2.49. The van der Waals surface area contributed by atoms with Crippen LogP contribution >= 0.6 is 0 Å². The molecule has 9 nitrogen and oxygen atoms in total. The first-order chi connectivity index (χ1) is 16.5. The minimum absolute atomic E-state index is 0.0783. The molecule has 188 valence electrons. The number of anilines is 2. The fourth-order valence-electron chi connectivity index (χ4n) is 3.46. The van der Waals surface area contributed by atoms with Crippen molar-refractivity contribution in [1.29, 1.82) is 0 Å². The number of aryl methyl sites for hydroxylation is 1. The molecular weight excluding hydrogens is 453 g/mol. The van der Waals surface area contributed by atoms with Crippen LogP contribution in [0.15, 0.2) is 36.5 Å². The van der Waals surface area contributed by atoms with Gasteiger partial charge in [0.1, 0.15) is 0 Å². The standard InChI is InChI=1S/C25H32FN5O4/c1-17-8-9-19(14-27-17)28-24(34)29-20-7-5-6-18(22(20)26)15-30-10-12-31(13-11-30)21(32)16-35-23(33)25(2,3)4/h5-9,14H,10-13,15-16H2,1-4H3,(H2,28,29,34). The summed E-state index contributed by atoms with van der Waals surface area (Å²) in [5, 5.41) is 5.17. The molecule has 0 spiro atoms. The molecule has 1 aliphatic heterocycles. The zero-order valence-electron chi connectivity index (χ0n) is 20.6. The van der Waals surface area contributed by atoms with Gasteiger partial charge in [-0.3, -0.25) is 19.5 Å². The van der Waals surface area contributed by atoms with Crippen LogP contribution in [-0.4, -0.2) is 65.5 Å². The number of carbonyl (C=O) groups is 3. The summed E-state index contributed by atoms with van der Waals surface area (Å²) in [5.41, 5.74) is 1.19. The van der Waals surface area contributed by atoms with Crippen molar-refractivity contribution < 1.29 is 23.5 Å². The second-order valence-corrected chi connectivity index (χ2v) is 9.53. The van der Waals surface area contributed by atoms with E-state index in [2.05, 4.69) is 15.6 Å². The lowest BCUT2D eigenvalue weighted by atomic mass is 9.97. The van der Waals surface area contributed by atoms with E-state index in [-0.39, 0.29) is 18.2 Å². The monoisotopic (exact) mass is 485 g/mol. The van der Waals surface area contributed by atoms with Crippen LogP contribution in [0.5, 0.6) is 0 Å². The molecule has 0 bridgehead atoms. The zero-order valence-corrected chi connectivity index (χ0v) is 20.6. The Hall–Kier alpha value is -3.53. The molecule has 0 atom stereocenters. The largest absolute Gasteiger partial charge is 0.455 e. The van der Waals surface area contributed by atoms with Crippen molar-refractivity contribution in [2.45, 2.75) is 34.2 Å². The normalized spacial score (nSPS) is 14.4. The number of hydrogen-bond donors (Lipinski definition) is 2. The van der Waals surface area contributed by atoms with Gasteiger partial charge in [0.2, 0.25) is 0 Å². The highest BCUT2D eigenvalue weighted by Crippen LogP contribution is 2.21. The van der Waals surface area contributed by atoms with Gasteiger partial charge in [-0.2, -0.15) is 0 Å². The number of hydrogen-bond acceptors (Lipinski definition) is 6. The Balaban J connectivity index is 1.50. The lowest BCUT2D eigenvalue weighted by Gasteiger charge is -2.34. The molecule has 2 N–H and O–H groups in total. The number of halogens is 1. The van der Waals surface area contributed by atoms with Crippen LogP contribution in [0.25, 0.3) is 0 Å². The van der Waals surface area contributed by atoms with E-state index in [9.17, 15) is 14.4 Å². The maximum Gasteiger partial charge on any atom is 0.323 e. The Labute approximate surface area is 204 Å². The molecule has 0 saturated carbocycles. The minimum atomic E-state index is -0.662. The maximum atomic E-state index is 15.1. The van der Waals surface area contributed by atoms with Gasteiger partial charge in [0.15, 0.2) is 12.4 Å². The van der Waals surface area contributed by atoms with Crippen molar-refractivity contribution in [2.24, 2.45) is 5.41 Å². The maximum absolute atomic E-state index is 15.1. The van der Waals surface area contributed by atoms with Gasteiger partial charge >= 0.3 is 12.0 Å². The van der Waals surface area contributed by atoms with Crippen LogP contribution < -0.4 is 10.6 Å². The molecule has 1 aromatic heterocycles. The quantitative estimate of drug-likeness (QED) is 0.608. The number of rotatable bonds is 6. The molecule has 1 saturated heterocycles. The van der Waals surface area contributed by atoms with E-state index >= 15 is 4.39 Å². The Morgan fingerprint density at radius 2 is 1.77 bits per heavy atom. The number of nitrogens with one attached hydrogen (secondary N) is 2. The Morgan fingerprint density at radius 1 is 1.06 bits per heavy atom. The average molecular weight is 486 g/mol. The number of ether oxygens (including phenoxy) is 1. The third kappa shape index (κ3) is 7.48. The zero-order chi connectivity index (χ0) is 25.6. The van der Waals surface area contributed by atoms with Gasteiger partial charge in [-0.1, -0.05) is 12.1 Å². The van der Waals surface area contributed by atoms with Gasteiger partial charge in [0.25, 0.3) is 5.91 Å². The first-order valence-electron chi connectivity index (χ1n) is 11.5. The molecule has 35 heavy (non-hydrogen) atoms. The SMILES string of the molecule is Cc1ccc(NC(=O)Nc2cccc(CN3CCN(C(=O)COC(=O)C(C)(C)C)CC3)c2F)cn1. The predicted molar refractivity (Wildman–Crippen MR) is 130 cm³/mol. The van der Waals surface area contributed by atoms with Crippen LogP contribution in [-0.2, 0) is 20.9 Å². The third-order valence-corrected chi connectivity index (χ3v) is 5.55. The highest BCUT2D eigenvalue weighted by molar-refractivity contribution is 5.99. The summed E-state index contributed by atoms with van der Waals surface area (Å²) < 4.78 is 20.2. The molecule has 0 radical (unpaired) electrons. The Morgan fingerprint density at radius 3 is 2.40 bits per heavy atom. The van der Waals surface area contributed by atoms with E-state index in [1.54, 1.807) is 49.9 Å². The van der Waals surface area contributed by atoms with Gasteiger partial charge in [0.05, 0.1) is 23.0 Å². The Kier molecular flexibility index (Phi) is 8.39. The van der Waals surface area contributed by atoms with E-state index in [0.717, 1.165) is 5.69 Å². The summed E-state index contributed by atoms with van der Waals surface area (Å²) in [4.78, 5) is 44.3.